The zero-order valence-electron chi connectivity index (χ0n) is 7.71. The molecule has 2 aliphatic rings. The summed E-state index contributed by atoms with van der Waals surface area (Å²) < 4.78 is 0. The molecular weight excluding hydrogens is 152 g/mol. The molecule has 0 aromatic carbocycles. The van der Waals surface area contributed by atoms with Crippen molar-refractivity contribution in [2.24, 2.45) is 0 Å². The summed E-state index contributed by atoms with van der Waals surface area (Å²) in [5.41, 5.74) is 0. The summed E-state index contributed by atoms with van der Waals surface area (Å²) in [6.07, 6.45) is 2.20. The third-order valence-corrected chi connectivity index (χ3v) is 2.86. The Kier molecular flexibility index (Phi) is 1.83. The van der Waals surface area contributed by atoms with Crippen LogP contribution in [0.1, 0.15) is 26.7 Å². The molecule has 0 radical (unpaired) electrons. The van der Waals surface area contributed by atoms with Gasteiger partial charge in [-0.2, -0.15) is 0 Å². The van der Waals surface area contributed by atoms with Gasteiger partial charge in [-0.15, -0.1) is 0 Å². The van der Waals surface area contributed by atoms with Gasteiger partial charge < -0.3 is 10.2 Å². The number of piperazine rings is 1. The van der Waals surface area contributed by atoms with E-state index in [1.54, 1.807) is 0 Å². The number of nitrogens with zero attached hydrogens (tertiary/aromatic N) is 1. The normalized spacial score (nSPS) is 34.9. The molecule has 2 fully saturated rings. The Morgan fingerprint density at radius 3 is 2.92 bits per heavy atom. The average molecular weight is 168 g/mol. The molecule has 2 rings (SSSR count). The zero-order chi connectivity index (χ0) is 8.72. The summed E-state index contributed by atoms with van der Waals surface area (Å²) in [6, 6.07) is 1.06. The molecule has 1 N–H and O–H groups in total. The number of likely N-dealkylation sites (tertiary alicyclic amines) is 1. The molecule has 0 aromatic rings. The molecule has 2 saturated heterocycles. The van der Waals surface area contributed by atoms with Crippen molar-refractivity contribution in [1.82, 2.24) is 10.2 Å². The van der Waals surface area contributed by atoms with Gasteiger partial charge in [0.2, 0.25) is 5.91 Å². The molecule has 2 atom stereocenters. The predicted octanol–water partition coefficient (Wildman–Crippen LogP) is 0.358. The van der Waals surface area contributed by atoms with Crippen LogP contribution in [0.2, 0.25) is 0 Å². The Morgan fingerprint density at radius 2 is 2.25 bits per heavy atom. The number of carbonyl (C=O) groups excluding carboxylic acids is 1. The van der Waals surface area contributed by atoms with Crippen LogP contribution in [-0.2, 0) is 4.79 Å². The Hall–Kier alpha value is -0.570. The minimum atomic E-state index is 0.131. The highest BCUT2D eigenvalue weighted by Crippen LogP contribution is 2.22. The van der Waals surface area contributed by atoms with Gasteiger partial charge in [0.05, 0.1) is 6.04 Å². The lowest BCUT2D eigenvalue weighted by Crippen LogP contribution is -2.57. The van der Waals surface area contributed by atoms with Gasteiger partial charge in [0, 0.05) is 18.6 Å². The van der Waals surface area contributed by atoms with Crippen LogP contribution in [0.5, 0.6) is 0 Å². The van der Waals surface area contributed by atoms with Gasteiger partial charge in [0.1, 0.15) is 0 Å². The number of nitrogens with one attached hydrogen (secondary N) is 1. The van der Waals surface area contributed by atoms with E-state index < -0.39 is 0 Å². The van der Waals surface area contributed by atoms with Crippen molar-refractivity contribution in [2.75, 3.05) is 6.54 Å². The van der Waals surface area contributed by atoms with Gasteiger partial charge >= 0.3 is 0 Å². The predicted molar refractivity (Wildman–Crippen MR) is 46.8 cm³/mol. The first-order valence-corrected chi connectivity index (χ1v) is 4.75. The molecule has 2 unspecified atom stereocenters. The lowest BCUT2D eigenvalue weighted by Gasteiger charge is -2.35. The van der Waals surface area contributed by atoms with Crippen LogP contribution in [0.25, 0.3) is 0 Å². The highest BCUT2D eigenvalue weighted by atomic mass is 16.2. The molecule has 68 valence electrons. The summed E-state index contributed by atoms with van der Waals surface area (Å²) in [5, 5.41) is 3.33. The first kappa shape index (κ1) is 8.05. The third kappa shape index (κ3) is 1.12. The molecule has 0 saturated carbocycles. The first-order valence-electron chi connectivity index (χ1n) is 4.75. The number of hydrogen-bond acceptors (Lipinski definition) is 2. The maximum absolute atomic E-state index is 11.7. The lowest BCUT2D eigenvalue weighted by molar-refractivity contribution is -0.137. The van der Waals surface area contributed by atoms with Crippen LogP contribution >= 0.6 is 0 Å². The molecule has 12 heavy (non-hydrogen) atoms. The van der Waals surface area contributed by atoms with Gasteiger partial charge in [-0.05, 0) is 26.7 Å². The minimum absolute atomic E-state index is 0.131. The van der Waals surface area contributed by atoms with E-state index in [1.807, 2.05) is 4.90 Å². The summed E-state index contributed by atoms with van der Waals surface area (Å²) in [7, 11) is 0. The summed E-state index contributed by atoms with van der Waals surface area (Å²) in [5.74, 6) is 0.304. The van der Waals surface area contributed by atoms with Gasteiger partial charge in [-0.1, -0.05) is 0 Å². The second-order valence-electron chi connectivity index (χ2n) is 4.08. The maximum Gasteiger partial charge on any atom is 0.239 e. The zero-order valence-corrected chi connectivity index (χ0v) is 7.71. The fourth-order valence-corrected chi connectivity index (χ4v) is 2.15. The summed E-state index contributed by atoms with van der Waals surface area (Å²) >= 11 is 0. The van der Waals surface area contributed by atoms with Gasteiger partial charge in [0.25, 0.3) is 0 Å². The first-order chi connectivity index (χ1) is 5.68. The standard InChI is InChI=1S/C9H16N2O/c1-6(2)11-5-7-3-4-8(10-7)9(11)12/h6-8,10H,3-5H2,1-2H3. The van der Waals surface area contributed by atoms with Crippen molar-refractivity contribution < 1.29 is 4.79 Å². The highest BCUT2D eigenvalue weighted by Gasteiger charge is 2.39. The summed E-state index contributed by atoms with van der Waals surface area (Å²) in [4.78, 5) is 13.7. The van der Waals surface area contributed by atoms with Crippen molar-refractivity contribution in [2.45, 2.75) is 44.8 Å². The van der Waals surface area contributed by atoms with E-state index in [-0.39, 0.29) is 6.04 Å². The van der Waals surface area contributed by atoms with Gasteiger partial charge in [-0.3, -0.25) is 4.79 Å². The minimum Gasteiger partial charge on any atom is -0.337 e. The Balaban J connectivity index is 2.13. The van der Waals surface area contributed by atoms with E-state index in [9.17, 15) is 4.79 Å². The van der Waals surface area contributed by atoms with Crippen LogP contribution in [0.4, 0.5) is 0 Å². The van der Waals surface area contributed by atoms with Crippen molar-refractivity contribution in [3.05, 3.63) is 0 Å². The average Bonchev–Trinajstić information content (AvgIpc) is 2.41. The monoisotopic (exact) mass is 168 g/mol. The highest BCUT2D eigenvalue weighted by molar-refractivity contribution is 5.83. The molecule has 1 amide bonds. The molecule has 2 bridgehead atoms. The molecule has 0 aliphatic carbocycles. The van der Waals surface area contributed by atoms with Gasteiger partial charge in [-0.25, -0.2) is 0 Å². The molecule has 3 heteroatoms. The number of fused-ring (bicyclic) bond motifs is 2. The van der Waals surface area contributed by atoms with Crippen LogP contribution in [0.15, 0.2) is 0 Å². The van der Waals surface area contributed by atoms with Crippen molar-refractivity contribution in [3.8, 4) is 0 Å². The van der Waals surface area contributed by atoms with E-state index in [2.05, 4.69) is 19.2 Å². The maximum atomic E-state index is 11.7. The Labute approximate surface area is 73.1 Å². The quantitative estimate of drug-likeness (QED) is 0.613. The number of hydrogen-bond donors (Lipinski definition) is 1. The van der Waals surface area contributed by atoms with Crippen LogP contribution < -0.4 is 5.32 Å². The third-order valence-electron chi connectivity index (χ3n) is 2.86. The van der Waals surface area contributed by atoms with E-state index in [4.69, 9.17) is 0 Å². The molecule has 0 aromatic heterocycles. The lowest BCUT2D eigenvalue weighted by atomic mass is 10.2. The van der Waals surface area contributed by atoms with E-state index in [0.29, 0.717) is 18.0 Å². The molecule has 2 aliphatic heterocycles. The SMILES string of the molecule is CC(C)N1CC2CCC(N2)C1=O. The molecular formula is C9H16N2O. The number of carbonyl (C=O) groups is 1. The number of amides is 1. The number of rotatable bonds is 1. The Morgan fingerprint density at radius 1 is 1.50 bits per heavy atom. The second-order valence-corrected chi connectivity index (χ2v) is 4.08. The van der Waals surface area contributed by atoms with Gasteiger partial charge in [0.15, 0.2) is 0 Å². The van der Waals surface area contributed by atoms with Crippen molar-refractivity contribution in [3.63, 3.8) is 0 Å². The largest absolute Gasteiger partial charge is 0.337 e. The molecule has 3 nitrogen and oxygen atoms in total. The fraction of sp³-hybridized carbons (Fsp3) is 0.889. The van der Waals surface area contributed by atoms with E-state index in [1.165, 1.54) is 6.42 Å². The van der Waals surface area contributed by atoms with E-state index >= 15 is 0 Å². The molecule has 0 spiro atoms. The van der Waals surface area contributed by atoms with Crippen LogP contribution in [0, 0.1) is 0 Å². The van der Waals surface area contributed by atoms with Crippen molar-refractivity contribution in [1.29, 1.82) is 0 Å². The van der Waals surface area contributed by atoms with Crippen LogP contribution in [0.3, 0.4) is 0 Å². The Bertz CT molecular complexity index is 203. The second kappa shape index (κ2) is 2.73. The fourth-order valence-electron chi connectivity index (χ4n) is 2.15. The summed E-state index contributed by atoms with van der Waals surface area (Å²) in [6.45, 7) is 5.08. The molecule has 2 heterocycles. The topological polar surface area (TPSA) is 32.3 Å². The van der Waals surface area contributed by atoms with Crippen LogP contribution in [-0.4, -0.2) is 35.5 Å². The van der Waals surface area contributed by atoms with Crippen molar-refractivity contribution >= 4 is 5.91 Å². The smallest absolute Gasteiger partial charge is 0.239 e. The van der Waals surface area contributed by atoms with E-state index in [0.717, 1.165) is 13.0 Å².